The van der Waals surface area contributed by atoms with Crippen molar-refractivity contribution in [3.8, 4) is 0 Å². The number of anilines is 3. The largest absolute Gasteiger partial charge is 0.465 e. The summed E-state index contributed by atoms with van der Waals surface area (Å²) in [6, 6.07) is 7.14. The van der Waals surface area contributed by atoms with Crippen LogP contribution in [0.4, 0.5) is 17.5 Å². The van der Waals surface area contributed by atoms with Crippen LogP contribution < -0.4 is 10.6 Å². The van der Waals surface area contributed by atoms with Crippen LogP contribution in [0.15, 0.2) is 30.5 Å². The van der Waals surface area contributed by atoms with Gasteiger partial charge in [-0.05, 0) is 32.0 Å². The van der Waals surface area contributed by atoms with E-state index in [1.54, 1.807) is 30.5 Å². The Morgan fingerprint density at radius 1 is 1.33 bits per heavy atom. The van der Waals surface area contributed by atoms with E-state index in [0.717, 1.165) is 0 Å². The van der Waals surface area contributed by atoms with Crippen LogP contribution in [0.3, 0.4) is 0 Å². The molecule has 110 valence electrons. The van der Waals surface area contributed by atoms with Crippen LogP contribution >= 0.6 is 0 Å². The third kappa shape index (κ3) is 4.13. The molecule has 2 aromatic rings. The molecule has 0 saturated heterocycles. The minimum absolute atomic E-state index is 0.247. The van der Waals surface area contributed by atoms with E-state index in [9.17, 15) is 4.79 Å². The van der Waals surface area contributed by atoms with Crippen molar-refractivity contribution in [1.82, 2.24) is 15.2 Å². The predicted octanol–water partition coefficient (Wildman–Crippen LogP) is 2.22. The van der Waals surface area contributed by atoms with E-state index in [1.807, 2.05) is 13.8 Å². The van der Waals surface area contributed by atoms with E-state index in [1.165, 1.54) is 7.11 Å². The van der Waals surface area contributed by atoms with Gasteiger partial charge >= 0.3 is 5.97 Å². The number of benzene rings is 1. The fourth-order valence-corrected chi connectivity index (χ4v) is 1.69. The molecule has 0 aliphatic rings. The number of carbonyl (C=O) groups excluding carboxylic acids is 1. The summed E-state index contributed by atoms with van der Waals surface area (Å²) in [4.78, 5) is 15.8. The Bertz CT molecular complexity index is 630. The smallest absolute Gasteiger partial charge is 0.337 e. The summed E-state index contributed by atoms with van der Waals surface area (Å²) in [5.74, 6) is 0.585. The first kappa shape index (κ1) is 14.7. The molecule has 0 aliphatic heterocycles. The molecule has 0 spiro atoms. The van der Waals surface area contributed by atoms with Crippen LogP contribution in [0.1, 0.15) is 24.2 Å². The van der Waals surface area contributed by atoms with Gasteiger partial charge in [-0.3, -0.25) is 0 Å². The van der Waals surface area contributed by atoms with Crippen LogP contribution in [0.2, 0.25) is 0 Å². The van der Waals surface area contributed by atoms with Gasteiger partial charge in [0, 0.05) is 11.7 Å². The van der Waals surface area contributed by atoms with Gasteiger partial charge < -0.3 is 15.4 Å². The van der Waals surface area contributed by atoms with Gasteiger partial charge in [-0.2, -0.15) is 10.1 Å². The Balaban J connectivity index is 2.16. The topological polar surface area (TPSA) is 89.0 Å². The third-order valence-corrected chi connectivity index (χ3v) is 2.54. The molecule has 2 rings (SSSR count). The normalized spacial score (nSPS) is 10.3. The van der Waals surface area contributed by atoms with Gasteiger partial charge in [0.1, 0.15) is 0 Å². The first-order valence-corrected chi connectivity index (χ1v) is 6.50. The Kier molecular flexibility index (Phi) is 4.65. The second-order valence-electron chi connectivity index (χ2n) is 4.66. The monoisotopic (exact) mass is 287 g/mol. The van der Waals surface area contributed by atoms with E-state index >= 15 is 0 Å². The fraction of sp³-hybridized carbons (Fsp3) is 0.286. The molecule has 0 unspecified atom stereocenters. The fourth-order valence-electron chi connectivity index (χ4n) is 1.69. The maximum Gasteiger partial charge on any atom is 0.337 e. The molecule has 7 nitrogen and oxygen atoms in total. The number of hydrogen-bond acceptors (Lipinski definition) is 7. The Morgan fingerprint density at radius 3 is 2.86 bits per heavy atom. The number of methoxy groups -OCH3 is 1. The maximum absolute atomic E-state index is 11.5. The molecule has 2 N–H and O–H groups in total. The lowest BCUT2D eigenvalue weighted by Gasteiger charge is -2.10. The zero-order valence-electron chi connectivity index (χ0n) is 12.1. The Hall–Kier alpha value is -2.70. The van der Waals surface area contributed by atoms with Gasteiger partial charge in [-0.1, -0.05) is 6.07 Å². The average Bonchev–Trinajstić information content (AvgIpc) is 2.46. The molecular formula is C14H17N5O2. The molecular weight excluding hydrogens is 270 g/mol. The van der Waals surface area contributed by atoms with Crippen molar-refractivity contribution in [3.63, 3.8) is 0 Å². The predicted molar refractivity (Wildman–Crippen MR) is 79.6 cm³/mol. The van der Waals surface area contributed by atoms with Gasteiger partial charge in [0.15, 0.2) is 5.82 Å². The number of ether oxygens (including phenoxy) is 1. The number of rotatable bonds is 5. The van der Waals surface area contributed by atoms with Gasteiger partial charge in [-0.25, -0.2) is 4.79 Å². The van der Waals surface area contributed by atoms with Crippen molar-refractivity contribution < 1.29 is 9.53 Å². The van der Waals surface area contributed by atoms with Crippen LogP contribution in [0, 0.1) is 0 Å². The van der Waals surface area contributed by atoms with Crippen molar-refractivity contribution in [3.05, 3.63) is 36.0 Å². The van der Waals surface area contributed by atoms with Crippen molar-refractivity contribution in [2.24, 2.45) is 0 Å². The summed E-state index contributed by atoms with van der Waals surface area (Å²) in [6.45, 7) is 4.02. The Morgan fingerprint density at radius 2 is 2.14 bits per heavy atom. The highest BCUT2D eigenvalue weighted by Gasteiger charge is 2.07. The highest BCUT2D eigenvalue weighted by Crippen LogP contribution is 2.16. The molecule has 7 heteroatoms. The minimum atomic E-state index is -0.395. The molecule has 0 radical (unpaired) electrons. The number of carbonyl (C=O) groups is 1. The molecule has 1 aromatic heterocycles. The summed E-state index contributed by atoms with van der Waals surface area (Å²) in [6.07, 6.45) is 1.55. The zero-order valence-corrected chi connectivity index (χ0v) is 12.1. The highest BCUT2D eigenvalue weighted by molar-refractivity contribution is 5.90. The van der Waals surface area contributed by atoms with E-state index in [0.29, 0.717) is 23.0 Å². The van der Waals surface area contributed by atoms with Gasteiger partial charge in [-0.15, -0.1) is 5.10 Å². The number of nitrogens with one attached hydrogen (secondary N) is 2. The number of esters is 1. The van der Waals surface area contributed by atoms with Crippen LogP contribution in [0.25, 0.3) is 0 Å². The molecule has 1 aromatic carbocycles. The third-order valence-electron chi connectivity index (χ3n) is 2.54. The van der Waals surface area contributed by atoms with Crippen LogP contribution in [0.5, 0.6) is 0 Å². The van der Waals surface area contributed by atoms with E-state index < -0.39 is 5.97 Å². The maximum atomic E-state index is 11.5. The number of hydrogen-bond donors (Lipinski definition) is 2. The summed E-state index contributed by atoms with van der Waals surface area (Å²) in [5.41, 5.74) is 1.13. The van der Waals surface area contributed by atoms with Crippen LogP contribution in [-0.2, 0) is 4.74 Å². The lowest BCUT2D eigenvalue weighted by molar-refractivity contribution is 0.0601. The van der Waals surface area contributed by atoms with Gasteiger partial charge in [0.2, 0.25) is 5.95 Å². The molecule has 0 bridgehead atoms. The standard InChI is InChI=1S/C14H17N5O2/c1-9(2)16-12-8-15-19-14(18-12)17-11-6-4-5-10(7-11)13(20)21-3/h4-9H,1-3H3,(H2,16,17,18,19). The molecule has 0 aliphatic carbocycles. The summed E-state index contributed by atoms with van der Waals surface area (Å²) in [5, 5.41) is 13.9. The van der Waals surface area contributed by atoms with E-state index in [4.69, 9.17) is 0 Å². The highest BCUT2D eigenvalue weighted by atomic mass is 16.5. The summed E-state index contributed by atoms with van der Waals surface area (Å²) < 4.78 is 4.68. The Labute approximate surface area is 122 Å². The van der Waals surface area contributed by atoms with Crippen molar-refractivity contribution >= 4 is 23.4 Å². The van der Waals surface area contributed by atoms with Gasteiger partial charge in [0.05, 0.1) is 18.9 Å². The number of aromatic nitrogens is 3. The lowest BCUT2D eigenvalue weighted by atomic mass is 10.2. The lowest BCUT2D eigenvalue weighted by Crippen LogP contribution is -2.12. The van der Waals surface area contributed by atoms with Crippen molar-refractivity contribution in [2.45, 2.75) is 19.9 Å². The first-order valence-electron chi connectivity index (χ1n) is 6.50. The second kappa shape index (κ2) is 6.65. The molecule has 21 heavy (non-hydrogen) atoms. The van der Waals surface area contributed by atoms with Crippen molar-refractivity contribution in [2.75, 3.05) is 17.7 Å². The minimum Gasteiger partial charge on any atom is -0.465 e. The molecule has 0 amide bonds. The SMILES string of the molecule is COC(=O)c1cccc(Nc2nncc(NC(C)C)n2)c1. The molecule has 0 fully saturated rings. The van der Waals surface area contributed by atoms with Crippen LogP contribution in [-0.4, -0.2) is 34.3 Å². The first-order chi connectivity index (χ1) is 10.1. The number of nitrogens with zero attached hydrogens (tertiary/aromatic N) is 3. The summed E-state index contributed by atoms with van der Waals surface area (Å²) >= 11 is 0. The van der Waals surface area contributed by atoms with E-state index in [2.05, 4.69) is 30.6 Å². The average molecular weight is 287 g/mol. The molecule has 1 heterocycles. The molecule has 0 saturated carbocycles. The van der Waals surface area contributed by atoms with E-state index in [-0.39, 0.29) is 6.04 Å². The van der Waals surface area contributed by atoms with Gasteiger partial charge in [0.25, 0.3) is 0 Å². The summed E-state index contributed by atoms with van der Waals surface area (Å²) in [7, 11) is 1.34. The zero-order chi connectivity index (χ0) is 15.2. The van der Waals surface area contributed by atoms with Crippen molar-refractivity contribution in [1.29, 1.82) is 0 Å². The second-order valence-corrected chi connectivity index (χ2v) is 4.66. The quantitative estimate of drug-likeness (QED) is 0.815. The molecule has 0 atom stereocenters.